The summed E-state index contributed by atoms with van der Waals surface area (Å²) in [5, 5.41) is 3.21. The number of ether oxygens (including phenoxy) is 2. The standard InChI is InChI=1S/C4H5BrO2.C4H5N3O2.CH4.N3.Na/c5-3-1-2-7-4(3)6;5-7-6-3-1-2-9-4(3)8;;1-3-2;/h3H,1-2H2;3H,1-2H2;1H4;;/q;;;-1;+1. The first-order chi connectivity index (χ1) is 9.06. The minimum Gasteiger partial charge on any atom is -0.465 e. The van der Waals surface area contributed by atoms with Crippen LogP contribution < -0.4 is 29.6 Å². The molecule has 2 saturated heterocycles. The van der Waals surface area contributed by atoms with Crippen LogP contribution in [0.2, 0.25) is 0 Å². The van der Waals surface area contributed by atoms with Crippen molar-refractivity contribution in [2.45, 2.75) is 31.1 Å². The van der Waals surface area contributed by atoms with E-state index in [0.717, 1.165) is 6.42 Å². The number of cyclic esters (lactones) is 2. The zero-order valence-corrected chi connectivity index (χ0v) is 14.3. The topological polar surface area (TPSA) is 160 Å². The average molecular weight is 373 g/mol. The Balaban J connectivity index is -0.000000245. The largest absolute Gasteiger partial charge is 1.00 e. The summed E-state index contributed by atoms with van der Waals surface area (Å²) < 4.78 is 9.09. The number of carbonyl (C=O) groups excluding carboxylic acids is 2. The van der Waals surface area contributed by atoms with Crippen molar-refractivity contribution < 1.29 is 48.6 Å². The molecule has 10 nitrogen and oxygen atoms in total. The predicted molar refractivity (Wildman–Crippen MR) is 73.6 cm³/mol. The van der Waals surface area contributed by atoms with Crippen LogP contribution in [-0.2, 0) is 19.1 Å². The number of hydrogen-bond acceptors (Lipinski definition) is 5. The maximum absolute atomic E-state index is 10.5. The van der Waals surface area contributed by atoms with Crippen molar-refractivity contribution in [3.63, 3.8) is 0 Å². The molecule has 2 aliphatic heterocycles. The second-order valence-electron chi connectivity index (χ2n) is 3.19. The van der Waals surface area contributed by atoms with Gasteiger partial charge in [0.1, 0.15) is 10.9 Å². The number of azide groups is 1. The van der Waals surface area contributed by atoms with Crippen LogP contribution in [0.15, 0.2) is 5.11 Å². The molecule has 0 amide bonds. The molecule has 0 aromatic carbocycles. The van der Waals surface area contributed by atoms with Crippen molar-refractivity contribution in [1.82, 2.24) is 0 Å². The summed E-state index contributed by atoms with van der Waals surface area (Å²) in [5.41, 5.74) is 21.4. The van der Waals surface area contributed by atoms with Crippen LogP contribution in [0.4, 0.5) is 0 Å². The van der Waals surface area contributed by atoms with Gasteiger partial charge in [0, 0.05) is 17.8 Å². The Morgan fingerprint density at radius 1 is 1.10 bits per heavy atom. The van der Waals surface area contributed by atoms with Crippen molar-refractivity contribution in [3.05, 3.63) is 26.4 Å². The zero-order valence-electron chi connectivity index (χ0n) is 10.7. The molecule has 2 rings (SSSR count). The number of carbonyl (C=O) groups is 2. The molecule has 21 heavy (non-hydrogen) atoms. The fourth-order valence-corrected chi connectivity index (χ4v) is 1.44. The first kappa shape index (κ1) is 25.0. The van der Waals surface area contributed by atoms with Gasteiger partial charge in [-0.2, -0.15) is 0 Å². The molecule has 112 valence electrons. The van der Waals surface area contributed by atoms with Gasteiger partial charge < -0.3 is 20.5 Å². The SMILES string of the molecule is C.O=C1OCCC1Br.[N-]=[N+]=NC1CCOC1=O.[N-]=[N+]=[N-].[Na+]. The van der Waals surface area contributed by atoms with Gasteiger partial charge in [-0.05, 0) is 5.53 Å². The molecule has 0 aromatic heterocycles. The third-order valence-corrected chi connectivity index (χ3v) is 2.80. The number of nitrogens with zero attached hydrogens (tertiary/aromatic N) is 6. The second-order valence-corrected chi connectivity index (χ2v) is 4.30. The van der Waals surface area contributed by atoms with E-state index in [4.69, 9.17) is 16.6 Å². The van der Waals surface area contributed by atoms with Crippen LogP contribution >= 0.6 is 15.9 Å². The molecule has 2 fully saturated rings. The average Bonchev–Trinajstić information content (AvgIpc) is 2.93. The van der Waals surface area contributed by atoms with E-state index in [1.165, 1.54) is 4.91 Å². The summed E-state index contributed by atoms with van der Waals surface area (Å²) in [6, 6.07) is -0.574. The summed E-state index contributed by atoms with van der Waals surface area (Å²) >= 11 is 3.13. The van der Waals surface area contributed by atoms with Crippen LogP contribution in [0.3, 0.4) is 0 Å². The molecule has 2 heterocycles. The normalized spacial score (nSPS) is 21.2. The molecular weight excluding hydrogens is 359 g/mol. The van der Waals surface area contributed by atoms with Crippen molar-refractivity contribution in [2.75, 3.05) is 13.2 Å². The molecule has 0 spiro atoms. The second kappa shape index (κ2) is 15.4. The van der Waals surface area contributed by atoms with Crippen LogP contribution in [0.25, 0.3) is 26.4 Å². The van der Waals surface area contributed by atoms with Crippen molar-refractivity contribution in [1.29, 1.82) is 0 Å². The van der Waals surface area contributed by atoms with Crippen LogP contribution in [0.1, 0.15) is 20.3 Å². The molecule has 2 atom stereocenters. The number of rotatable bonds is 1. The molecule has 2 unspecified atom stereocenters. The van der Waals surface area contributed by atoms with Gasteiger partial charge in [0.25, 0.3) is 0 Å². The van der Waals surface area contributed by atoms with E-state index >= 15 is 0 Å². The molecule has 0 N–H and O–H groups in total. The Bertz CT molecular complexity index is 411. The minimum absolute atomic E-state index is 0. The number of hydrogen-bond donors (Lipinski definition) is 0. The summed E-state index contributed by atoms with van der Waals surface area (Å²) in [5.74, 6) is -0.534. The van der Waals surface area contributed by atoms with Gasteiger partial charge in [0.15, 0.2) is 0 Å². The number of alkyl halides is 1. The summed E-state index contributed by atoms with van der Waals surface area (Å²) in [7, 11) is 0. The van der Waals surface area contributed by atoms with E-state index in [-0.39, 0.29) is 47.8 Å². The Labute approximate surface area is 152 Å². The van der Waals surface area contributed by atoms with Crippen molar-refractivity contribution in [3.8, 4) is 0 Å². The summed E-state index contributed by atoms with van der Waals surface area (Å²) in [6.07, 6.45) is 1.34. The fraction of sp³-hybridized carbons (Fsp3) is 0.778. The Morgan fingerprint density at radius 2 is 1.57 bits per heavy atom. The Hall–Kier alpha value is -0.960. The Kier molecular flexibility index (Phi) is 18.4. The molecule has 0 aromatic rings. The molecular formula is C9H14BrN6NaO4. The van der Waals surface area contributed by atoms with E-state index in [1.807, 2.05) is 0 Å². The molecule has 0 radical (unpaired) electrons. The van der Waals surface area contributed by atoms with E-state index in [2.05, 4.69) is 35.4 Å². The van der Waals surface area contributed by atoms with Crippen LogP contribution in [0.5, 0.6) is 0 Å². The monoisotopic (exact) mass is 372 g/mol. The molecule has 0 bridgehead atoms. The predicted octanol–water partition coefficient (Wildman–Crippen LogP) is -0.185. The van der Waals surface area contributed by atoms with Gasteiger partial charge in [0.2, 0.25) is 0 Å². The van der Waals surface area contributed by atoms with Crippen molar-refractivity contribution >= 4 is 27.9 Å². The maximum Gasteiger partial charge on any atom is 1.00 e. The zero-order chi connectivity index (χ0) is 14.7. The maximum atomic E-state index is 10.5. The first-order valence-electron chi connectivity index (χ1n) is 5.06. The van der Waals surface area contributed by atoms with E-state index < -0.39 is 12.0 Å². The smallest absolute Gasteiger partial charge is 0.465 e. The van der Waals surface area contributed by atoms with E-state index in [0.29, 0.717) is 19.6 Å². The van der Waals surface area contributed by atoms with E-state index in [1.54, 1.807) is 0 Å². The van der Waals surface area contributed by atoms with Crippen LogP contribution in [-0.4, -0.2) is 36.0 Å². The molecule has 12 heteroatoms. The van der Waals surface area contributed by atoms with Gasteiger partial charge in [-0.1, -0.05) is 28.5 Å². The van der Waals surface area contributed by atoms with Gasteiger partial charge in [-0.25, -0.2) is 0 Å². The minimum atomic E-state index is -0.574. The molecule has 0 saturated carbocycles. The number of halogens is 1. The molecule has 0 aliphatic carbocycles. The third kappa shape index (κ3) is 11.4. The van der Waals surface area contributed by atoms with Gasteiger partial charge >= 0.3 is 41.5 Å². The van der Waals surface area contributed by atoms with Crippen LogP contribution in [0, 0.1) is 0 Å². The van der Waals surface area contributed by atoms with E-state index in [9.17, 15) is 9.59 Å². The van der Waals surface area contributed by atoms with Crippen molar-refractivity contribution in [2.24, 2.45) is 5.11 Å². The number of esters is 2. The quantitative estimate of drug-likeness (QED) is 0.156. The molecule has 2 aliphatic rings. The fourth-order valence-electron chi connectivity index (χ4n) is 1.12. The van der Waals surface area contributed by atoms with Gasteiger partial charge in [-0.15, -0.1) is 0 Å². The van der Waals surface area contributed by atoms with Gasteiger partial charge in [0.05, 0.1) is 13.2 Å². The third-order valence-electron chi connectivity index (χ3n) is 1.97. The summed E-state index contributed by atoms with van der Waals surface area (Å²) in [6.45, 7) is 0.956. The van der Waals surface area contributed by atoms with Gasteiger partial charge in [-0.3, -0.25) is 14.5 Å². The first-order valence-corrected chi connectivity index (χ1v) is 5.98. The Morgan fingerprint density at radius 3 is 1.81 bits per heavy atom. The summed E-state index contributed by atoms with van der Waals surface area (Å²) in [4.78, 5) is 24.7.